The monoisotopic (exact) mass is 320 g/mol. The summed E-state index contributed by atoms with van der Waals surface area (Å²) in [6.45, 7) is 0.214. The van der Waals surface area contributed by atoms with Crippen LogP contribution in [0.3, 0.4) is 0 Å². The first-order valence-corrected chi connectivity index (χ1v) is 7.15. The zero-order chi connectivity index (χ0) is 16.7. The highest BCUT2D eigenvalue weighted by molar-refractivity contribution is 6.10. The Morgan fingerprint density at radius 1 is 1.43 bits per heavy atom. The minimum absolute atomic E-state index is 0.0840. The summed E-state index contributed by atoms with van der Waals surface area (Å²) in [7, 11) is 1.36. The number of ether oxygens (including phenoxy) is 1. The average molecular weight is 320 g/mol. The van der Waals surface area contributed by atoms with Crippen LogP contribution in [0, 0.1) is 5.92 Å². The smallest absolute Gasteiger partial charge is 0.303 e. The van der Waals surface area contributed by atoms with Crippen LogP contribution in [-0.4, -0.2) is 52.6 Å². The molecular formula is C15H16N2O6. The molecule has 0 spiro atoms. The molecule has 2 aliphatic heterocycles. The van der Waals surface area contributed by atoms with Crippen molar-refractivity contribution in [2.24, 2.45) is 5.92 Å². The summed E-state index contributed by atoms with van der Waals surface area (Å²) in [4.78, 5) is 37.3. The molecule has 1 aromatic rings. The first-order valence-electron chi connectivity index (χ1n) is 7.15. The van der Waals surface area contributed by atoms with E-state index in [1.807, 2.05) is 0 Å². The third kappa shape index (κ3) is 2.56. The number of carboxylic acids is 1. The Bertz CT molecular complexity index is 701. The van der Waals surface area contributed by atoms with Gasteiger partial charge in [-0.2, -0.15) is 0 Å². The van der Waals surface area contributed by atoms with E-state index in [4.69, 9.17) is 9.84 Å². The van der Waals surface area contributed by atoms with Crippen molar-refractivity contribution in [1.29, 1.82) is 0 Å². The van der Waals surface area contributed by atoms with Gasteiger partial charge in [0.1, 0.15) is 6.04 Å². The number of hydrogen-bond acceptors (Lipinski definition) is 5. The number of amides is 2. The first kappa shape index (κ1) is 15.1. The number of hydrogen-bond donors (Lipinski definition) is 3. The third-order valence-corrected chi connectivity index (χ3v) is 4.22. The standard InChI is InChI=1S/C15H16N2O6/c1-23-12-4-8-9(5-11(12)18)16-14(21)10-2-7(3-13(19)20)6-17(10)15(8)22/h4-5,7,10,18H,2-3,6H2,1H3,(H,16,21)(H,19,20)/t7-,10?/m1/s1. The average Bonchev–Trinajstić information content (AvgIpc) is 2.86. The number of rotatable bonds is 3. The second-order valence-electron chi connectivity index (χ2n) is 5.73. The third-order valence-electron chi connectivity index (χ3n) is 4.22. The van der Waals surface area contributed by atoms with Gasteiger partial charge in [0.15, 0.2) is 11.5 Å². The fourth-order valence-corrected chi connectivity index (χ4v) is 3.17. The van der Waals surface area contributed by atoms with Crippen molar-refractivity contribution in [2.45, 2.75) is 18.9 Å². The lowest BCUT2D eigenvalue weighted by Crippen LogP contribution is -2.40. The molecule has 2 heterocycles. The summed E-state index contributed by atoms with van der Waals surface area (Å²) in [5.41, 5.74) is 0.439. The number of carboxylic acid groups (broad SMARTS) is 1. The van der Waals surface area contributed by atoms with E-state index in [-0.39, 0.29) is 53.4 Å². The Morgan fingerprint density at radius 3 is 2.83 bits per heavy atom. The molecule has 2 atom stereocenters. The lowest BCUT2D eigenvalue weighted by Gasteiger charge is -2.20. The molecule has 0 aliphatic carbocycles. The number of nitrogens with one attached hydrogen (secondary N) is 1. The van der Waals surface area contributed by atoms with Gasteiger partial charge in [0, 0.05) is 19.0 Å². The van der Waals surface area contributed by atoms with E-state index >= 15 is 0 Å². The van der Waals surface area contributed by atoms with Crippen LogP contribution in [0.2, 0.25) is 0 Å². The predicted octanol–water partition coefficient (Wildman–Crippen LogP) is 0.658. The van der Waals surface area contributed by atoms with Crippen LogP contribution in [0.25, 0.3) is 0 Å². The van der Waals surface area contributed by atoms with Crippen LogP contribution in [0.4, 0.5) is 5.69 Å². The van der Waals surface area contributed by atoms with Gasteiger partial charge in [-0.3, -0.25) is 14.4 Å². The van der Waals surface area contributed by atoms with Crippen molar-refractivity contribution in [3.05, 3.63) is 17.7 Å². The maximum Gasteiger partial charge on any atom is 0.303 e. The zero-order valence-electron chi connectivity index (χ0n) is 12.4. The fourth-order valence-electron chi connectivity index (χ4n) is 3.17. The molecule has 2 amide bonds. The molecule has 1 aromatic carbocycles. The van der Waals surface area contributed by atoms with E-state index in [1.165, 1.54) is 24.1 Å². The number of phenolic OH excluding ortho intramolecular Hbond substituents is 1. The van der Waals surface area contributed by atoms with E-state index < -0.39 is 12.0 Å². The molecule has 122 valence electrons. The van der Waals surface area contributed by atoms with Crippen LogP contribution < -0.4 is 10.1 Å². The van der Waals surface area contributed by atoms with E-state index in [0.717, 1.165) is 0 Å². The number of methoxy groups -OCH3 is 1. The summed E-state index contributed by atoms with van der Waals surface area (Å²) in [5.74, 6) is -2.01. The van der Waals surface area contributed by atoms with E-state index in [0.29, 0.717) is 6.42 Å². The van der Waals surface area contributed by atoms with Crippen LogP contribution in [0.5, 0.6) is 11.5 Å². The molecule has 1 fully saturated rings. The topological polar surface area (TPSA) is 116 Å². The zero-order valence-corrected chi connectivity index (χ0v) is 12.4. The normalized spacial score (nSPS) is 22.9. The number of anilines is 1. The molecular weight excluding hydrogens is 304 g/mol. The van der Waals surface area contributed by atoms with Gasteiger partial charge in [0.2, 0.25) is 5.91 Å². The number of aliphatic carboxylic acids is 1. The van der Waals surface area contributed by atoms with Gasteiger partial charge in [-0.25, -0.2) is 0 Å². The molecule has 3 rings (SSSR count). The molecule has 3 N–H and O–H groups in total. The van der Waals surface area contributed by atoms with Gasteiger partial charge in [-0.15, -0.1) is 0 Å². The molecule has 1 unspecified atom stereocenters. The molecule has 23 heavy (non-hydrogen) atoms. The summed E-state index contributed by atoms with van der Waals surface area (Å²) in [5, 5.41) is 21.3. The number of nitrogens with zero attached hydrogens (tertiary/aromatic N) is 1. The van der Waals surface area contributed by atoms with Crippen LogP contribution in [0.1, 0.15) is 23.2 Å². The highest BCUT2D eigenvalue weighted by Crippen LogP contribution is 2.37. The minimum atomic E-state index is -0.951. The maximum absolute atomic E-state index is 12.7. The van der Waals surface area contributed by atoms with Crippen LogP contribution in [0.15, 0.2) is 12.1 Å². The van der Waals surface area contributed by atoms with Crippen molar-refractivity contribution < 1.29 is 29.3 Å². The Morgan fingerprint density at radius 2 is 2.17 bits per heavy atom. The maximum atomic E-state index is 12.7. The van der Waals surface area contributed by atoms with Gasteiger partial charge < -0.3 is 25.2 Å². The molecule has 1 saturated heterocycles. The van der Waals surface area contributed by atoms with Gasteiger partial charge in [0.25, 0.3) is 5.91 Å². The Hall–Kier alpha value is -2.77. The van der Waals surface area contributed by atoms with Crippen molar-refractivity contribution in [3.63, 3.8) is 0 Å². The molecule has 2 aliphatic rings. The fraction of sp³-hybridized carbons (Fsp3) is 0.400. The minimum Gasteiger partial charge on any atom is -0.504 e. The number of aromatic hydroxyl groups is 1. The Kier molecular flexibility index (Phi) is 3.59. The van der Waals surface area contributed by atoms with Crippen LogP contribution in [-0.2, 0) is 9.59 Å². The Balaban J connectivity index is 1.97. The number of fused-ring (bicyclic) bond motifs is 2. The highest BCUT2D eigenvalue weighted by Gasteiger charge is 2.43. The predicted molar refractivity (Wildman–Crippen MR) is 78.5 cm³/mol. The Labute approximate surface area is 131 Å². The summed E-state index contributed by atoms with van der Waals surface area (Å²) in [6.07, 6.45) is 0.223. The summed E-state index contributed by atoms with van der Waals surface area (Å²) in [6, 6.07) is 1.95. The molecule has 0 saturated carbocycles. The van der Waals surface area contributed by atoms with Crippen molar-refractivity contribution in [2.75, 3.05) is 19.0 Å². The number of carbonyl (C=O) groups excluding carboxylic acids is 2. The molecule has 0 bridgehead atoms. The summed E-state index contributed by atoms with van der Waals surface area (Å²) >= 11 is 0. The first-order chi connectivity index (χ1) is 10.9. The highest BCUT2D eigenvalue weighted by atomic mass is 16.5. The summed E-state index contributed by atoms with van der Waals surface area (Å²) < 4.78 is 5.00. The molecule has 0 aromatic heterocycles. The van der Waals surface area contributed by atoms with Gasteiger partial charge >= 0.3 is 5.97 Å². The van der Waals surface area contributed by atoms with Crippen molar-refractivity contribution in [3.8, 4) is 11.5 Å². The van der Waals surface area contributed by atoms with E-state index in [1.54, 1.807) is 0 Å². The number of benzene rings is 1. The van der Waals surface area contributed by atoms with Gasteiger partial charge in [0.05, 0.1) is 18.4 Å². The quantitative estimate of drug-likeness (QED) is 0.753. The van der Waals surface area contributed by atoms with Crippen LogP contribution >= 0.6 is 0 Å². The van der Waals surface area contributed by atoms with Crippen molar-refractivity contribution >= 4 is 23.5 Å². The van der Waals surface area contributed by atoms with E-state index in [9.17, 15) is 19.5 Å². The van der Waals surface area contributed by atoms with Crippen molar-refractivity contribution in [1.82, 2.24) is 4.90 Å². The molecule has 8 nitrogen and oxygen atoms in total. The second-order valence-corrected chi connectivity index (χ2v) is 5.73. The largest absolute Gasteiger partial charge is 0.504 e. The lowest BCUT2D eigenvalue weighted by atomic mass is 10.0. The second kappa shape index (κ2) is 5.45. The lowest BCUT2D eigenvalue weighted by molar-refractivity contribution is -0.138. The SMILES string of the molecule is COc1cc2c(cc1O)NC(=O)C1C[C@H](CC(=O)O)CN1C2=O. The number of phenols is 1. The van der Waals surface area contributed by atoms with E-state index in [2.05, 4.69) is 5.32 Å². The van der Waals surface area contributed by atoms with Gasteiger partial charge in [-0.1, -0.05) is 0 Å². The number of carbonyl (C=O) groups is 3. The molecule has 0 radical (unpaired) electrons. The molecule has 8 heteroatoms. The van der Waals surface area contributed by atoms with Gasteiger partial charge in [-0.05, 0) is 18.4 Å².